The normalized spacial score (nSPS) is 12.0. The second-order valence-electron chi connectivity index (χ2n) is 4.64. The molecule has 0 unspecified atom stereocenters. The number of aromatic amines is 1. The molecule has 2 rings (SSSR count). The van der Waals surface area contributed by atoms with Crippen LogP contribution in [0.1, 0.15) is 16.8 Å². The molecular formula is C13H16BrN3O3S. The van der Waals surface area contributed by atoms with Crippen LogP contribution in [0.2, 0.25) is 0 Å². The van der Waals surface area contributed by atoms with Crippen molar-refractivity contribution in [1.29, 1.82) is 0 Å². The highest BCUT2D eigenvalue weighted by Crippen LogP contribution is 2.23. The molecule has 0 aliphatic rings. The number of sulfonamides is 1. The summed E-state index contributed by atoms with van der Waals surface area (Å²) in [6.45, 7) is 1.51. The minimum atomic E-state index is -3.77. The van der Waals surface area contributed by atoms with Crippen molar-refractivity contribution in [3.63, 3.8) is 0 Å². The van der Waals surface area contributed by atoms with Crippen molar-refractivity contribution < 1.29 is 13.5 Å². The van der Waals surface area contributed by atoms with Gasteiger partial charge < -0.3 is 5.11 Å². The van der Waals surface area contributed by atoms with Crippen molar-refractivity contribution in [1.82, 2.24) is 14.5 Å². The molecule has 2 N–H and O–H groups in total. The lowest BCUT2D eigenvalue weighted by Crippen LogP contribution is -2.27. The number of benzene rings is 1. The van der Waals surface area contributed by atoms with E-state index in [1.807, 2.05) is 24.3 Å². The maximum Gasteiger partial charge on any atom is 0.262 e. The molecule has 0 atom stereocenters. The maximum atomic E-state index is 12.6. The van der Waals surface area contributed by atoms with Crippen LogP contribution in [0.4, 0.5) is 0 Å². The number of aliphatic hydroxyl groups is 1. The molecule has 21 heavy (non-hydrogen) atoms. The van der Waals surface area contributed by atoms with E-state index < -0.39 is 10.0 Å². The molecule has 1 aromatic heterocycles. The zero-order valence-electron chi connectivity index (χ0n) is 11.7. The van der Waals surface area contributed by atoms with Gasteiger partial charge in [-0.05, 0) is 18.6 Å². The fourth-order valence-corrected chi connectivity index (χ4v) is 3.63. The Bertz CT molecular complexity index is 743. The predicted molar refractivity (Wildman–Crippen MR) is 82.0 cm³/mol. The summed E-state index contributed by atoms with van der Waals surface area (Å²) >= 11 is 3.40. The molecule has 0 spiro atoms. The first-order valence-corrected chi connectivity index (χ1v) is 8.45. The summed E-state index contributed by atoms with van der Waals surface area (Å²) in [5.74, 6) is 0. The molecule has 0 radical (unpaired) electrons. The number of aromatic nitrogens is 2. The summed E-state index contributed by atoms with van der Waals surface area (Å²) in [5.41, 5.74) is 1.70. The lowest BCUT2D eigenvalue weighted by molar-refractivity contribution is 0.277. The molecular weight excluding hydrogens is 358 g/mol. The van der Waals surface area contributed by atoms with E-state index in [-0.39, 0.29) is 18.2 Å². The molecule has 0 bridgehead atoms. The summed E-state index contributed by atoms with van der Waals surface area (Å²) < 4.78 is 27.2. The van der Waals surface area contributed by atoms with Gasteiger partial charge in [-0.1, -0.05) is 34.1 Å². The topological polar surface area (TPSA) is 86.3 Å². The molecule has 2 aromatic rings. The summed E-state index contributed by atoms with van der Waals surface area (Å²) in [6, 6.07) is 7.41. The number of aryl methyl sites for hydroxylation is 1. The summed E-state index contributed by atoms with van der Waals surface area (Å²) in [4.78, 5) is 0. The Balaban J connectivity index is 2.33. The maximum absolute atomic E-state index is 12.6. The van der Waals surface area contributed by atoms with E-state index in [4.69, 9.17) is 0 Å². The van der Waals surface area contributed by atoms with Crippen LogP contribution < -0.4 is 0 Å². The second-order valence-corrected chi connectivity index (χ2v) is 7.46. The third-order valence-electron chi connectivity index (χ3n) is 3.20. The zero-order chi connectivity index (χ0) is 15.6. The molecule has 0 fully saturated rings. The molecule has 0 aliphatic carbocycles. The average Bonchev–Trinajstić information content (AvgIpc) is 2.82. The molecule has 114 valence electrons. The van der Waals surface area contributed by atoms with Crippen LogP contribution in [0.15, 0.2) is 33.8 Å². The number of hydrogen-bond donors (Lipinski definition) is 2. The molecule has 0 saturated heterocycles. The second kappa shape index (κ2) is 6.27. The first-order chi connectivity index (χ1) is 9.87. The monoisotopic (exact) mass is 373 g/mol. The lowest BCUT2D eigenvalue weighted by atomic mass is 10.2. The van der Waals surface area contributed by atoms with E-state index in [0.717, 1.165) is 10.0 Å². The van der Waals surface area contributed by atoms with Crippen molar-refractivity contribution in [3.8, 4) is 0 Å². The van der Waals surface area contributed by atoms with Gasteiger partial charge in [0.25, 0.3) is 10.0 Å². The van der Waals surface area contributed by atoms with E-state index in [2.05, 4.69) is 26.1 Å². The van der Waals surface area contributed by atoms with Crippen LogP contribution in [0, 0.1) is 6.92 Å². The first-order valence-electron chi connectivity index (χ1n) is 6.22. The van der Waals surface area contributed by atoms with Gasteiger partial charge in [0.2, 0.25) is 0 Å². The van der Waals surface area contributed by atoms with Gasteiger partial charge in [-0.15, -0.1) is 0 Å². The van der Waals surface area contributed by atoms with E-state index >= 15 is 0 Å². The largest absolute Gasteiger partial charge is 0.392 e. The molecule has 0 aliphatic heterocycles. The lowest BCUT2D eigenvalue weighted by Gasteiger charge is -2.17. The van der Waals surface area contributed by atoms with Gasteiger partial charge in [-0.3, -0.25) is 5.10 Å². The Morgan fingerprint density at radius 2 is 2.05 bits per heavy atom. The highest BCUT2D eigenvalue weighted by Gasteiger charge is 2.28. The van der Waals surface area contributed by atoms with Crippen molar-refractivity contribution >= 4 is 26.0 Å². The predicted octanol–water partition coefficient (Wildman–Crippen LogP) is 1.79. The standard InChI is InChI=1S/C13H16BrN3O3S/c1-9-11(8-18)13(16-15-9)21(19,20)17(2)7-10-5-3-4-6-12(10)14/h3-6,18H,7-8H2,1-2H3,(H,15,16). The number of hydrogen-bond acceptors (Lipinski definition) is 4. The summed E-state index contributed by atoms with van der Waals surface area (Å²) in [7, 11) is -2.28. The fraction of sp³-hybridized carbons (Fsp3) is 0.308. The molecule has 0 saturated carbocycles. The third-order valence-corrected chi connectivity index (χ3v) is 5.75. The fourth-order valence-electron chi connectivity index (χ4n) is 1.93. The number of nitrogens with one attached hydrogen (secondary N) is 1. The van der Waals surface area contributed by atoms with Gasteiger partial charge in [0.05, 0.1) is 6.61 Å². The van der Waals surface area contributed by atoms with Crippen LogP contribution in [0.3, 0.4) is 0 Å². The van der Waals surface area contributed by atoms with Crippen LogP contribution >= 0.6 is 15.9 Å². The highest BCUT2D eigenvalue weighted by atomic mass is 79.9. The van der Waals surface area contributed by atoms with Gasteiger partial charge in [0, 0.05) is 29.3 Å². The van der Waals surface area contributed by atoms with Crippen molar-refractivity contribution in [2.45, 2.75) is 25.1 Å². The molecule has 6 nitrogen and oxygen atoms in total. The number of aliphatic hydroxyl groups excluding tert-OH is 1. The van der Waals surface area contributed by atoms with Crippen LogP contribution in [-0.4, -0.2) is 35.1 Å². The highest BCUT2D eigenvalue weighted by molar-refractivity contribution is 9.10. The van der Waals surface area contributed by atoms with Gasteiger partial charge in [-0.25, -0.2) is 8.42 Å². The Hall–Kier alpha value is -1.22. The average molecular weight is 374 g/mol. The smallest absolute Gasteiger partial charge is 0.262 e. The third kappa shape index (κ3) is 3.18. The minimum Gasteiger partial charge on any atom is -0.392 e. The quantitative estimate of drug-likeness (QED) is 0.836. The van der Waals surface area contributed by atoms with E-state index in [1.165, 1.54) is 11.4 Å². The van der Waals surface area contributed by atoms with Crippen LogP contribution in [-0.2, 0) is 23.2 Å². The number of rotatable bonds is 5. The Kier molecular flexibility index (Phi) is 4.82. The molecule has 8 heteroatoms. The summed E-state index contributed by atoms with van der Waals surface area (Å²) in [6.07, 6.45) is 0. The van der Waals surface area contributed by atoms with E-state index in [0.29, 0.717) is 11.3 Å². The van der Waals surface area contributed by atoms with Crippen LogP contribution in [0.5, 0.6) is 0 Å². The Morgan fingerprint density at radius 1 is 1.38 bits per heavy atom. The Morgan fingerprint density at radius 3 is 2.67 bits per heavy atom. The van der Waals surface area contributed by atoms with Crippen LogP contribution in [0.25, 0.3) is 0 Å². The van der Waals surface area contributed by atoms with Gasteiger partial charge in [0.15, 0.2) is 5.03 Å². The van der Waals surface area contributed by atoms with Gasteiger partial charge in [-0.2, -0.15) is 9.40 Å². The number of H-pyrrole nitrogens is 1. The Labute approximate surface area is 132 Å². The van der Waals surface area contributed by atoms with E-state index in [9.17, 15) is 13.5 Å². The van der Waals surface area contributed by atoms with Crippen molar-refractivity contribution in [3.05, 3.63) is 45.6 Å². The van der Waals surface area contributed by atoms with E-state index in [1.54, 1.807) is 6.92 Å². The van der Waals surface area contributed by atoms with Crippen molar-refractivity contribution in [2.75, 3.05) is 7.05 Å². The number of nitrogens with zero attached hydrogens (tertiary/aromatic N) is 2. The minimum absolute atomic E-state index is 0.128. The first kappa shape index (κ1) is 16.2. The molecule has 0 amide bonds. The van der Waals surface area contributed by atoms with Gasteiger partial charge >= 0.3 is 0 Å². The number of halogens is 1. The SMILES string of the molecule is Cc1[nH]nc(S(=O)(=O)N(C)Cc2ccccc2Br)c1CO. The summed E-state index contributed by atoms with van der Waals surface area (Å²) in [5, 5.41) is 15.6. The van der Waals surface area contributed by atoms with Gasteiger partial charge in [0.1, 0.15) is 0 Å². The van der Waals surface area contributed by atoms with Crippen molar-refractivity contribution in [2.24, 2.45) is 0 Å². The molecule has 1 heterocycles. The zero-order valence-corrected chi connectivity index (χ0v) is 14.1. The molecule has 1 aromatic carbocycles.